The molecule has 0 amide bonds. The minimum atomic E-state index is -0.761. The molecule has 6 nitrogen and oxygen atoms in total. The number of carbonyl (C=O) groups excluding carboxylic acids is 3. The third-order valence-corrected chi connectivity index (χ3v) is 11.0. The maximum atomic E-state index is 12.6. The second-order valence-electron chi connectivity index (χ2n) is 16.7. The first-order chi connectivity index (χ1) is 28.0. The summed E-state index contributed by atoms with van der Waals surface area (Å²) in [5.41, 5.74) is 0. The molecule has 1 atom stereocenters. The maximum Gasteiger partial charge on any atom is 0.306 e. The molecule has 0 radical (unpaired) electrons. The summed E-state index contributed by atoms with van der Waals surface area (Å²) in [6.07, 6.45) is 52.1. The second kappa shape index (κ2) is 46.6. The summed E-state index contributed by atoms with van der Waals surface area (Å²) < 4.78 is 16.6. The van der Waals surface area contributed by atoms with Gasteiger partial charge in [-0.1, -0.05) is 218 Å². The summed E-state index contributed by atoms with van der Waals surface area (Å²) in [4.78, 5) is 37.5. The van der Waals surface area contributed by atoms with Crippen LogP contribution in [0.2, 0.25) is 0 Å². The van der Waals surface area contributed by atoms with Gasteiger partial charge >= 0.3 is 17.9 Å². The third-order valence-electron chi connectivity index (χ3n) is 11.0. The molecule has 0 N–H and O–H groups in total. The zero-order valence-electron chi connectivity index (χ0n) is 38.1. The van der Waals surface area contributed by atoms with Crippen molar-refractivity contribution in [1.29, 1.82) is 0 Å². The van der Waals surface area contributed by atoms with E-state index in [1.165, 1.54) is 161 Å². The lowest BCUT2D eigenvalue weighted by atomic mass is 10.0. The lowest BCUT2D eigenvalue weighted by Gasteiger charge is -2.18. The van der Waals surface area contributed by atoms with Gasteiger partial charge in [0, 0.05) is 19.3 Å². The van der Waals surface area contributed by atoms with Crippen LogP contribution in [0.15, 0.2) is 24.3 Å². The predicted molar refractivity (Wildman–Crippen MR) is 243 cm³/mol. The van der Waals surface area contributed by atoms with Crippen LogP contribution in [0.25, 0.3) is 0 Å². The predicted octanol–water partition coefficient (Wildman–Crippen LogP) is 16.0. The van der Waals surface area contributed by atoms with Crippen LogP contribution in [0.3, 0.4) is 0 Å². The van der Waals surface area contributed by atoms with Gasteiger partial charge in [-0.05, 0) is 51.4 Å². The highest BCUT2D eigenvalue weighted by atomic mass is 16.6. The van der Waals surface area contributed by atoms with Gasteiger partial charge in [0.2, 0.25) is 0 Å². The Labute approximate surface area is 353 Å². The summed E-state index contributed by atoms with van der Waals surface area (Å²) in [5.74, 6) is -0.875. The zero-order valence-corrected chi connectivity index (χ0v) is 38.1. The second-order valence-corrected chi connectivity index (χ2v) is 16.7. The summed E-state index contributed by atoms with van der Waals surface area (Å²) in [6.45, 7) is 6.55. The molecule has 57 heavy (non-hydrogen) atoms. The normalized spacial score (nSPS) is 12.1. The van der Waals surface area contributed by atoms with Crippen molar-refractivity contribution >= 4 is 17.9 Å². The van der Waals surface area contributed by atoms with E-state index in [-0.39, 0.29) is 31.1 Å². The molecule has 0 aliphatic heterocycles. The number of esters is 3. The van der Waals surface area contributed by atoms with E-state index in [2.05, 4.69) is 45.1 Å². The SMILES string of the molecule is CCCCCCC/C=C\C/C=C\CCCCCCCCCCCCCCCC(=O)OCC(COC(=O)CCCCCCCCC)OC(=O)CCCCCCCCC. The maximum absolute atomic E-state index is 12.6. The number of hydrogen-bond donors (Lipinski definition) is 0. The van der Waals surface area contributed by atoms with E-state index < -0.39 is 6.10 Å². The molecule has 6 heteroatoms. The Hall–Kier alpha value is -2.11. The molecule has 0 aromatic carbocycles. The smallest absolute Gasteiger partial charge is 0.306 e. The van der Waals surface area contributed by atoms with Gasteiger partial charge in [0.25, 0.3) is 0 Å². The number of ether oxygens (including phenoxy) is 3. The highest BCUT2D eigenvalue weighted by molar-refractivity contribution is 5.71. The van der Waals surface area contributed by atoms with Gasteiger partial charge in [-0.3, -0.25) is 14.4 Å². The van der Waals surface area contributed by atoms with Crippen LogP contribution in [0, 0.1) is 0 Å². The van der Waals surface area contributed by atoms with Crippen LogP contribution in [0.5, 0.6) is 0 Å². The Kier molecular flexibility index (Phi) is 44.9. The Morgan fingerprint density at radius 3 is 0.965 bits per heavy atom. The van der Waals surface area contributed by atoms with Crippen LogP contribution in [0.4, 0.5) is 0 Å². The summed E-state index contributed by atoms with van der Waals surface area (Å²) in [7, 11) is 0. The molecule has 0 spiro atoms. The van der Waals surface area contributed by atoms with E-state index in [1.807, 2.05) is 0 Å². The van der Waals surface area contributed by atoms with Crippen molar-refractivity contribution in [3.05, 3.63) is 24.3 Å². The fourth-order valence-corrected chi connectivity index (χ4v) is 7.18. The Morgan fingerprint density at radius 2 is 0.632 bits per heavy atom. The van der Waals surface area contributed by atoms with E-state index >= 15 is 0 Å². The summed E-state index contributed by atoms with van der Waals surface area (Å²) >= 11 is 0. The minimum absolute atomic E-state index is 0.0684. The standard InChI is InChI=1S/C51H94O6/c1-4-7-10-13-16-17-18-19-20-21-22-23-24-25-26-27-28-29-30-31-32-33-36-38-41-44-50(53)56-47-48(57-51(54)45-42-39-35-15-12-9-6-3)46-55-49(52)43-40-37-34-14-11-8-5-2/h18-19,21-22,48H,4-17,20,23-47H2,1-3H3/b19-18-,22-21-. The first-order valence-corrected chi connectivity index (χ1v) is 24.8. The monoisotopic (exact) mass is 803 g/mol. The number of carbonyl (C=O) groups is 3. The molecular formula is C51H94O6. The van der Waals surface area contributed by atoms with E-state index in [1.54, 1.807) is 0 Å². The van der Waals surface area contributed by atoms with Gasteiger partial charge in [-0.25, -0.2) is 0 Å². The number of allylic oxidation sites excluding steroid dienone is 4. The van der Waals surface area contributed by atoms with Crippen LogP contribution >= 0.6 is 0 Å². The highest BCUT2D eigenvalue weighted by Gasteiger charge is 2.19. The molecule has 1 unspecified atom stereocenters. The fourth-order valence-electron chi connectivity index (χ4n) is 7.18. The molecule has 0 aromatic heterocycles. The summed E-state index contributed by atoms with van der Waals surface area (Å²) in [6, 6.07) is 0. The van der Waals surface area contributed by atoms with Crippen molar-refractivity contribution in [2.24, 2.45) is 0 Å². The third kappa shape index (κ3) is 44.8. The number of unbranched alkanes of at least 4 members (excludes halogenated alkanes) is 30. The molecule has 0 saturated heterocycles. The molecule has 0 fully saturated rings. The van der Waals surface area contributed by atoms with Gasteiger partial charge in [0.05, 0.1) is 0 Å². The molecule has 0 heterocycles. The first-order valence-electron chi connectivity index (χ1n) is 24.8. The Balaban J connectivity index is 3.99. The van der Waals surface area contributed by atoms with Gasteiger partial charge in [-0.2, -0.15) is 0 Å². The van der Waals surface area contributed by atoms with E-state index in [4.69, 9.17) is 14.2 Å². The summed E-state index contributed by atoms with van der Waals surface area (Å²) in [5, 5.41) is 0. The molecule has 0 aromatic rings. The molecule has 334 valence electrons. The van der Waals surface area contributed by atoms with Gasteiger partial charge in [0.15, 0.2) is 6.10 Å². The minimum Gasteiger partial charge on any atom is -0.462 e. The van der Waals surface area contributed by atoms with E-state index in [0.717, 1.165) is 64.2 Å². The molecular weight excluding hydrogens is 709 g/mol. The van der Waals surface area contributed by atoms with Crippen LogP contribution in [-0.2, 0) is 28.6 Å². The average molecular weight is 803 g/mol. The average Bonchev–Trinajstić information content (AvgIpc) is 3.21. The van der Waals surface area contributed by atoms with Crippen molar-refractivity contribution in [3.8, 4) is 0 Å². The quantitative estimate of drug-likeness (QED) is 0.0264. The number of hydrogen-bond acceptors (Lipinski definition) is 6. The highest BCUT2D eigenvalue weighted by Crippen LogP contribution is 2.15. The number of rotatable bonds is 45. The van der Waals surface area contributed by atoms with Crippen molar-refractivity contribution in [2.45, 2.75) is 271 Å². The largest absolute Gasteiger partial charge is 0.462 e. The van der Waals surface area contributed by atoms with E-state index in [9.17, 15) is 14.4 Å². The molecule has 0 aliphatic carbocycles. The van der Waals surface area contributed by atoms with Crippen molar-refractivity contribution in [2.75, 3.05) is 13.2 Å². The Morgan fingerprint density at radius 1 is 0.351 bits per heavy atom. The first kappa shape index (κ1) is 54.9. The molecule has 0 bridgehead atoms. The lowest BCUT2D eigenvalue weighted by Crippen LogP contribution is -2.30. The molecule has 0 aliphatic rings. The lowest BCUT2D eigenvalue weighted by molar-refractivity contribution is -0.167. The Bertz CT molecular complexity index is 927. The van der Waals surface area contributed by atoms with Crippen molar-refractivity contribution in [3.63, 3.8) is 0 Å². The topological polar surface area (TPSA) is 78.9 Å². The van der Waals surface area contributed by atoms with Crippen LogP contribution < -0.4 is 0 Å². The van der Waals surface area contributed by atoms with Gasteiger partial charge < -0.3 is 14.2 Å². The van der Waals surface area contributed by atoms with Gasteiger partial charge in [0.1, 0.15) is 13.2 Å². The van der Waals surface area contributed by atoms with Crippen molar-refractivity contribution < 1.29 is 28.6 Å². The molecule has 0 rings (SSSR count). The zero-order chi connectivity index (χ0) is 41.5. The van der Waals surface area contributed by atoms with E-state index in [0.29, 0.717) is 19.3 Å². The van der Waals surface area contributed by atoms with Crippen molar-refractivity contribution in [1.82, 2.24) is 0 Å². The molecule has 0 saturated carbocycles. The van der Waals surface area contributed by atoms with Crippen LogP contribution in [0.1, 0.15) is 265 Å². The fraction of sp³-hybridized carbons (Fsp3) is 0.863. The van der Waals surface area contributed by atoms with Gasteiger partial charge in [-0.15, -0.1) is 0 Å². The van der Waals surface area contributed by atoms with Crippen LogP contribution in [-0.4, -0.2) is 37.2 Å².